The van der Waals surface area contributed by atoms with Crippen molar-refractivity contribution in [3.8, 4) is 0 Å². The van der Waals surface area contributed by atoms with Crippen molar-refractivity contribution in [2.45, 2.75) is 36.8 Å². The van der Waals surface area contributed by atoms with Gasteiger partial charge < -0.3 is 10.1 Å². The van der Waals surface area contributed by atoms with E-state index in [9.17, 15) is 9.18 Å². The van der Waals surface area contributed by atoms with Crippen molar-refractivity contribution in [1.29, 1.82) is 0 Å². The number of hydrogen-bond donors (Lipinski definition) is 1. The van der Waals surface area contributed by atoms with Gasteiger partial charge in [-0.05, 0) is 49.6 Å². The summed E-state index contributed by atoms with van der Waals surface area (Å²) in [6.07, 6.45) is 2.48. The Bertz CT molecular complexity index is 714. The van der Waals surface area contributed by atoms with E-state index in [2.05, 4.69) is 5.32 Å². The zero-order valence-electron chi connectivity index (χ0n) is 14.2. The number of nitrogens with one attached hydrogen (secondary N) is 1. The fourth-order valence-electron chi connectivity index (χ4n) is 2.85. The summed E-state index contributed by atoms with van der Waals surface area (Å²) in [4.78, 5) is 13.6. The van der Waals surface area contributed by atoms with Gasteiger partial charge in [0.25, 0.3) is 5.91 Å². The lowest BCUT2D eigenvalue weighted by Crippen LogP contribution is -2.27. The monoisotopic (exact) mass is 359 g/mol. The van der Waals surface area contributed by atoms with Crippen LogP contribution in [0.1, 0.15) is 41.7 Å². The molecule has 3 nitrogen and oxygen atoms in total. The maximum atomic E-state index is 13.0. The molecule has 3 rings (SSSR count). The van der Waals surface area contributed by atoms with E-state index >= 15 is 0 Å². The molecular formula is C20H22FNO2S. The first-order chi connectivity index (χ1) is 12.1. The van der Waals surface area contributed by atoms with Gasteiger partial charge in [-0.15, -0.1) is 11.8 Å². The zero-order chi connectivity index (χ0) is 17.6. The van der Waals surface area contributed by atoms with Gasteiger partial charge in [-0.1, -0.05) is 24.3 Å². The van der Waals surface area contributed by atoms with E-state index < -0.39 is 0 Å². The minimum absolute atomic E-state index is 0.118. The highest BCUT2D eigenvalue weighted by Gasteiger charge is 2.19. The predicted molar refractivity (Wildman–Crippen MR) is 98.4 cm³/mol. The van der Waals surface area contributed by atoms with Crippen LogP contribution in [0.5, 0.6) is 0 Å². The van der Waals surface area contributed by atoms with Crippen LogP contribution in [0.25, 0.3) is 0 Å². The van der Waals surface area contributed by atoms with Crippen LogP contribution in [0.3, 0.4) is 0 Å². The van der Waals surface area contributed by atoms with Crippen LogP contribution >= 0.6 is 11.8 Å². The summed E-state index contributed by atoms with van der Waals surface area (Å²) >= 11 is 1.66. The molecule has 2 unspecified atom stereocenters. The molecule has 2 aromatic rings. The largest absolute Gasteiger partial charge is 0.377 e. The molecule has 5 heteroatoms. The highest BCUT2D eigenvalue weighted by atomic mass is 32.2. The molecule has 2 aromatic carbocycles. The van der Waals surface area contributed by atoms with E-state index in [1.807, 2.05) is 31.2 Å². The molecule has 1 N–H and O–H groups in total. The number of rotatable bonds is 6. The number of hydrogen-bond acceptors (Lipinski definition) is 3. The second-order valence-electron chi connectivity index (χ2n) is 6.19. The molecule has 132 valence electrons. The van der Waals surface area contributed by atoms with Crippen LogP contribution < -0.4 is 5.32 Å². The fourth-order valence-corrected chi connectivity index (χ4v) is 3.97. The Morgan fingerprint density at radius 2 is 2.04 bits per heavy atom. The molecule has 1 aliphatic rings. The summed E-state index contributed by atoms with van der Waals surface area (Å²) in [5, 5.41) is 2.99. The molecule has 1 saturated heterocycles. The van der Waals surface area contributed by atoms with Gasteiger partial charge in [0.05, 0.1) is 17.7 Å². The molecular weight excluding hydrogens is 337 g/mol. The molecule has 25 heavy (non-hydrogen) atoms. The topological polar surface area (TPSA) is 38.3 Å². The van der Waals surface area contributed by atoms with Gasteiger partial charge in [0.15, 0.2) is 0 Å². The number of ether oxygens (including phenoxy) is 1. The summed E-state index contributed by atoms with van der Waals surface area (Å²) in [6.45, 7) is 2.73. The maximum absolute atomic E-state index is 13.0. The van der Waals surface area contributed by atoms with Gasteiger partial charge in [0.2, 0.25) is 0 Å². The average Bonchev–Trinajstić information content (AvgIpc) is 3.14. The van der Waals surface area contributed by atoms with Crippen molar-refractivity contribution in [3.05, 3.63) is 65.5 Å². The minimum Gasteiger partial charge on any atom is -0.377 e. The second-order valence-corrected chi connectivity index (χ2v) is 7.25. The molecule has 0 bridgehead atoms. The van der Waals surface area contributed by atoms with Gasteiger partial charge in [-0.25, -0.2) is 4.39 Å². The van der Waals surface area contributed by atoms with Crippen LogP contribution in [0, 0.1) is 5.82 Å². The van der Waals surface area contributed by atoms with Crippen LogP contribution in [0.2, 0.25) is 0 Å². The third kappa shape index (κ3) is 4.83. The number of carbonyl (C=O) groups is 1. The summed E-state index contributed by atoms with van der Waals surface area (Å²) in [5.74, 6) is 0.461. The molecule has 1 aliphatic heterocycles. The Labute approximate surface area is 152 Å². The summed E-state index contributed by atoms with van der Waals surface area (Å²) in [5.41, 5.74) is 1.54. The minimum atomic E-state index is -0.279. The molecule has 1 fully saturated rings. The Morgan fingerprint density at radius 1 is 1.28 bits per heavy atom. The standard InChI is InChI=1S/C20H22FNO2S/c1-14(15-8-10-16(21)11-9-15)22-20(23)18-6-2-3-7-19(18)25-13-17-5-4-12-24-17/h2-3,6-11,14,17H,4-5,12-13H2,1H3,(H,22,23). The average molecular weight is 359 g/mol. The van der Waals surface area contributed by atoms with E-state index in [4.69, 9.17) is 4.74 Å². The summed E-state index contributed by atoms with van der Waals surface area (Å²) < 4.78 is 18.7. The number of halogens is 1. The lowest BCUT2D eigenvalue weighted by atomic mass is 10.1. The first kappa shape index (κ1) is 18.0. The molecule has 0 aromatic heterocycles. The summed E-state index contributed by atoms with van der Waals surface area (Å²) in [6, 6.07) is 13.6. The Morgan fingerprint density at radius 3 is 2.76 bits per heavy atom. The van der Waals surface area contributed by atoms with Gasteiger partial charge >= 0.3 is 0 Å². The Balaban J connectivity index is 1.65. The highest BCUT2D eigenvalue weighted by molar-refractivity contribution is 7.99. The molecule has 0 radical (unpaired) electrons. The second kappa shape index (κ2) is 8.50. The number of benzene rings is 2. The van der Waals surface area contributed by atoms with Crippen LogP contribution in [-0.2, 0) is 4.74 Å². The van der Waals surface area contributed by atoms with Crippen molar-refractivity contribution in [3.63, 3.8) is 0 Å². The Kier molecular flexibility index (Phi) is 6.10. The van der Waals surface area contributed by atoms with E-state index in [1.165, 1.54) is 12.1 Å². The van der Waals surface area contributed by atoms with Crippen molar-refractivity contribution >= 4 is 17.7 Å². The van der Waals surface area contributed by atoms with Crippen molar-refractivity contribution < 1.29 is 13.9 Å². The maximum Gasteiger partial charge on any atom is 0.252 e. The third-order valence-electron chi connectivity index (χ3n) is 4.30. The van der Waals surface area contributed by atoms with Crippen LogP contribution in [0.4, 0.5) is 4.39 Å². The van der Waals surface area contributed by atoms with Crippen molar-refractivity contribution in [1.82, 2.24) is 5.32 Å². The highest BCUT2D eigenvalue weighted by Crippen LogP contribution is 2.27. The van der Waals surface area contributed by atoms with Gasteiger partial charge in [-0.3, -0.25) is 4.79 Å². The molecule has 1 heterocycles. The number of thioether (sulfide) groups is 1. The van der Waals surface area contributed by atoms with Gasteiger partial charge in [0, 0.05) is 17.3 Å². The van der Waals surface area contributed by atoms with Gasteiger partial charge in [0.1, 0.15) is 5.82 Å². The van der Waals surface area contributed by atoms with Crippen molar-refractivity contribution in [2.24, 2.45) is 0 Å². The SMILES string of the molecule is CC(NC(=O)c1ccccc1SCC1CCCO1)c1ccc(F)cc1. The van der Waals surface area contributed by atoms with Crippen molar-refractivity contribution in [2.75, 3.05) is 12.4 Å². The van der Waals surface area contributed by atoms with E-state index in [1.54, 1.807) is 23.9 Å². The normalized spacial score (nSPS) is 18.1. The molecule has 0 aliphatic carbocycles. The first-order valence-corrected chi connectivity index (χ1v) is 9.52. The smallest absolute Gasteiger partial charge is 0.252 e. The molecule has 1 amide bonds. The number of carbonyl (C=O) groups excluding carboxylic acids is 1. The zero-order valence-corrected chi connectivity index (χ0v) is 15.0. The van der Waals surface area contributed by atoms with E-state index in [0.717, 1.165) is 35.7 Å². The quantitative estimate of drug-likeness (QED) is 0.767. The van der Waals surface area contributed by atoms with Crippen LogP contribution in [-0.4, -0.2) is 24.4 Å². The third-order valence-corrected chi connectivity index (χ3v) is 5.50. The first-order valence-electron chi connectivity index (χ1n) is 8.53. The predicted octanol–water partition coefficient (Wildman–Crippen LogP) is 4.59. The molecule has 0 saturated carbocycles. The lowest BCUT2D eigenvalue weighted by molar-refractivity contribution is 0.0936. The lowest BCUT2D eigenvalue weighted by Gasteiger charge is -2.16. The van der Waals surface area contributed by atoms with E-state index in [-0.39, 0.29) is 23.9 Å². The molecule has 2 atom stereocenters. The van der Waals surface area contributed by atoms with Gasteiger partial charge in [-0.2, -0.15) is 0 Å². The summed E-state index contributed by atoms with van der Waals surface area (Å²) in [7, 11) is 0. The van der Waals surface area contributed by atoms with Crippen LogP contribution in [0.15, 0.2) is 53.4 Å². The molecule has 0 spiro atoms. The Hall–Kier alpha value is -1.85. The van der Waals surface area contributed by atoms with E-state index in [0.29, 0.717) is 5.56 Å². The number of amides is 1. The fraction of sp³-hybridized carbons (Fsp3) is 0.350.